The van der Waals surface area contributed by atoms with E-state index >= 15 is 0 Å². The van der Waals surface area contributed by atoms with E-state index in [0.29, 0.717) is 6.73 Å². The quantitative estimate of drug-likeness (QED) is 0.596. The highest BCUT2D eigenvalue weighted by atomic mass is 19.1. The average Bonchev–Trinajstić information content (AvgIpc) is 2.18. The van der Waals surface area contributed by atoms with Crippen LogP contribution in [-0.2, 0) is 10.2 Å². The summed E-state index contributed by atoms with van der Waals surface area (Å²) < 4.78 is 17.7. The smallest absolute Gasteiger partial charge is 0.123 e. The van der Waals surface area contributed by atoms with E-state index in [0.717, 1.165) is 12.1 Å². The standard InChI is InChI=1S/C12H18FNO/c1-12(2,8-14-9-15-3)10-4-6-11(13)7-5-10/h4-7,14H,8-9H2,1-3H3. The van der Waals surface area contributed by atoms with Gasteiger partial charge < -0.3 is 4.74 Å². The van der Waals surface area contributed by atoms with Gasteiger partial charge in [-0.1, -0.05) is 26.0 Å². The molecule has 2 nitrogen and oxygen atoms in total. The number of ether oxygens (including phenoxy) is 1. The highest BCUT2D eigenvalue weighted by molar-refractivity contribution is 5.24. The maximum Gasteiger partial charge on any atom is 0.123 e. The molecule has 0 unspecified atom stereocenters. The van der Waals surface area contributed by atoms with E-state index in [4.69, 9.17) is 4.74 Å². The molecule has 0 saturated carbocycles. The van der Waals surface area contributed by atoms with Crippen LogP contribution in [0.4, 0.5) is 4.39 Å². The van der Waals surface area contributed by atoms with Crippen LogP contribution in [0.5, 0.6) is 0 Å². The van der Waals surface area contributed by atoms with Crippen molar-refractivity contribution in [3.63, 3.8) is 0 Å². The van der Waals surface area contributed by atoms with E-state index in [2.05, 4.69) is 19.2 Å². The molecule has 0 saturated heterocycles. The normalized spacial score (nSPS) is 11.7. The highest BCUT2D eigenvalue weighted by Crippen LogP contribution is 2.22. The minimum Gasteiger partial charge on any atom is -0.370 e. The first kappa shape index (κ1) is 12.1. The molecule has 15 heavy (non-hydrogen) atoms. The van der Waals surface area contributed by atoms with Gasteiger partial charge in [0, 0.05) is 19.1 Å². The van der Waals surface area contributed by atoms with E-state index in [-0.39, 0.29) is 11.2 Å². The minimum atomic E-state index is -0.195. The first-order valence-electron chi connectivity index (χ1n) is 5.02. The molecule has 3 heteroatoms. The van der Waals surface area contributed by atoms with Gasteiger partial charge in [-0.15, -0.1) is 0 Å². The van der Waals surface area contributed by atoms with Crippen molar-refractivity contribution in [2.45, 2.75) is 19.3 Å². The molecule has 0 aliphatic rings. The Hall–Kier alpha value is -0.930. The second-order valence-electron chi connectivity index (χ2n) is 4.25. The van der Waals surface area contributed by atoms with Crippen molar-refractivity contribution >= 4 is 0 Å². The van der Waals surface area contributed by atoms with Crippen molar-refractivity contribution in [1.29, 1.82) is 0 Å². The average molecular weight is 211 g/mol. The van der Waals surface area contributed by atoms with Crippen LogP contribution in [-0.4, -0.2) is 20.4 Å². The summed E-state index contributed by atoms with van der Waals surface area (Å²) in [7, 11) is 1.65. The molecule has 0 radical (unpaired) electrons. The maximum absolute atomic E-state index is 12.7. The van der Waals surface area contributed by atoms with Crippen LogP contribution >= 0.6 is 0 Å². The van der Waals surface area contributed by atoms with E-state index in [9.17, 15) is 4.39 Å². The molecule has 0 amide bonds. The van der Waals surface area contributed by atoms with Crippen molar-refractivity contribution < 1.29 is 9.13 Å². The summed E-state index contributed by atoms with van der Waals surface area (Å²) in [5.74, 6) is -0.195. The summed E-state index contributed by atoms with van der Waals surface area (Å²) in [4.78, 5) is 0. The second kappa shape index (κ2) is 5.24. The van der Waals surface area contributed by atoms with E-state index in [1.54, 1.807) is 7.11 Å². The Bertz CT molecular complexity index is 295. The van der Waals surface area contributed by atoms with Gasteiger partial charge in [-0.25, -0.2) is 4.39 Å². The number of halogens is 1. The molecule has 1 N–H and O–H groups in total. The molecule has 0 fully saturated rings. The third-order valence-electron chi connectivity index (χ3n) is 2.44. The molecule has 1 aromatic carbocycles. The molecule has 0 atom stereocenters. The third kappa shape index (κ3) is 3.61. The lowest BCUT2D eigenvalue weighted by atomic mass is 9.85. The lowest BCUT2D eigenvalue weighted by molar-refractivity contribution is 0.169. The molecular formula is C12H18FNO. The summed E-state index contributed by atoms with van der Waals surface area (Å²) in [6.45, 7) is 5.56. The van der Waals surface area contributed by atoms with Gasteiger partial charge in [0.2, 0.25) is 0 Å². The topological polar surface area (TPSA) is 21.3 Å². The molecule has 0 bridgehead atoms. The van der Waals surface area contributed by atoms with Crippen LogP contribution in [0, 0.1) is 5.82 Å². The Labute approximate surface area is 90.4 Å². The Kier molecular flexibility index (Phi) is 4.24. The van der Waals surface area contributed by atoms with Crippen molar-refractivity contribution in [2.24, 2.45) is 0 Å². The highest BCUT2D eigenvalue weighted by Gasteiger charge is 2.19. The van der Waals surface area contributed by atoms with Crippen LogP contribution in [0.25, 0.3) is 0 Å². The van der Waals surface area contributed by atoms with Gasteiger partial charge in [0.1, 0.15) is 5.82 Å². The molecule has 1 rings (SSSR count). The number of hydrogen-bond acceptors (Lipinski definition) is 2. The minimum absolute atomic E-state index is 0.0216. The van der Waals surface area contributed by atoms with Crippen molar-refractivity contribution in [3.05, 3.63) is 35.6 Å². The zero-order valence-corrected chi connectivity index (χ0v) is 9.51. The molecule has 0 aliphatic heterocycles. The Morgan fingerprint density at radius 2 is 1.87 bits per heavy atom. The summed E-state index contributed by atoms with van der Waals surface area (Å²) >= 11 is 0. The van der Waals surface area contributed by atoms with Crippen LogP contribution < -0.4 is 5.32 Å². The number of hydrogen-bond donors (Lipinski definition) is 1. The van der Waals surface area contributed by atoms with E-state index < -0.39 is 0 Å². The van der Waals surface area contributed by atoms with Gasteiger partial charge in [-0.2, -0.15) is 0 Å². The fourth-order valence-corrected chi connectivity index (χ4v) is 1.47. The lowest BCUT2D eigenvalue weighted by Crippen LogP contribution is -2.33. The largest absolute Gasteiger partial charge is 0.370 e. The fourth-order valence-electron chi connectivity index (χ4n) is 1.47. The van der Waals surface area contributed by atoms with Crippen LogP contribution in [0.3, 0.4) is 0 Å². The predicted molar refractivity (Wildman–Crippen MR) is 59.3 cm³/mol. The summed E-state index contributed by atoms with van der Waals surface area (Å²) in [6.07, 6.45) is 0. The van der Waals surface area contributed by atoms with Gasteiger partial charge in [0.15, 0.2) is 0 Å². The number of nitrogens with one attached hydrogen (secondary N) is 1. The summed E-state index contributed by atoms with van der Waals surface area (Å²) in [5.41, 5.74) is 1.10. The SMILES string of the molecule is COCNCC(C)(C)c1ccc(F)cc1. The third-order valence-corrected chi connectivity index (χ3v) is 2.44. The van der Waals surface area contributed by atoms with Gasteiger partial charge in [-0.05, 0) is 17.7 Å². The van der Waals surface area contributed by atoms with Gasteiger partial charge in [0.05, 0.1) is 6.73 Å². The summed E-state index contributed by atoms with van der Waals surface area (Å²) in [5, 5.41) is 3.17. The molecule has 1 aromatic rings. The van der Waals surface area contributed by atoms with Crippen molar-refractivity contribution in [1.82, 2.24) is 5.32 Å². The van der Waals surface area contributed by atoms with Crippen molar-refractivity contribution in [2.75, 3.05) is 20.4 Å². The summed E-state index contributed by atoms with van der Waals surface area (Å²) in [6, 6.07) is 6.63. The number of methoxy groups -OCH3 is 1. The van der Waals surface area contributed by atoms with E-state index in [1.807, 2.05) is 12.1 Å². The van der Waals surface area contributed by atoms with Gasteiger partial charge in [-0.3, -0.25) is 5.32 Å². The Morgan fingerprint density at radius 1 is 1.27 bits per heavy atom. The first-order chi connectivity index (χ1) is 7.06. The van der Waals surface area contributed by atoms with Gasteiger partial charge >= 0.3 is 0 Å². The second-order valence-corrected chi connectivity index (χ2v) is 4.25. The predicted octanol–water partition coefficient (Wildman–Crippen LogP) is 2.30. The monoisotopic (exact) mass is 211 g/mol. The molecule has 0 aliphatic carbocycles. The zero-order chi connectivity index (χ0) is 11.3. The molecule has 0 spiro atoms. The Balaban J connectivity index is 2.63. The maximum atomic E-state index is 12.7. The number of rotatable bonds is 5. The fraction of sp³-hybridized carbons (Fsp3) is 0.500. The first-order valence-corrected chi connectivity index (χ1v) is 5.02. The number of benzene rings is 1. The molecule has 84 valence electrons. The van der Waals surface area contributed by atoms with E-state index in [1.165, 1.54) is 12.1 Å². The lowest BCUT2D eigenvalue weighted by Gasteiger charge is -2.25. The molecule has 0 aromatic heterocycles. The van der Waals surface area contributed by atoms with Crippen LogP contribution in [0.2, 0.25) is 0 Å². The Morgan fingerprint density at radius 3 is 2.40 bits per heavy atom. The molecule has 0 heterocycles. The van der Waals surface area contributed by atoms with Crippen molar-refractivity contribution in [3.8, 4) is 0 Å². The van der Waals surface area contributed by atoms with Crippen LogP contribution in [0.15, 0.2) is 24.3 Å². The van der Waals surface area contributed by atoms with Gasteiger partial charge in [0.25, 0.3) is 0 Å². The zero-order valence-electron chi connectivity index (χ0n) is 9.51. The molecular weight excluding hydrogens is 193 g/mol. The van der Waals surface area contributed by atoms with Crippen LogP contribution in [0.1, 0.15) is 19.4 Å².